The minimum Gasteiger partial charge on any atom is -0.368 e. The van der Waals surface area contributed by atoms with Gasteiger partial charge in [-0.05, 0) is 61.2 Å². The number of rotatable bonds is 3. The van der Waals surface area contributed by atoms with Crippen molar-refractivity contribution in [2.45, 2.75) is 32.0 Å². The molecule has 2 unspecified atom stereocenters. The van der Waals surface area contributed by atoms with Crippen LogP contribution in [0.25, 0.3) is 0 Å². The first-order valence-electron chi connectivity index (χ1n) is 7.42. The zero-order valence-electron chi connectivity index (χ0n) is 11.7. The molecule has 0 spiro atoms. The van der Waals surface area contributed by atoms with Gasteiger partial charge in [0.1, 0.15) is 0 Å². The van der Waals surface area contributed by atoms with Gasteiger partial charge in [0.05, 0.1) is 12.2 Å². The van der Waals surface area contributed by atoms with Gasteiger partial charge >= 0.3 is 0 Å². The summed E-state index contributed by atoms with van der Waals surface area (Å²) in [6.07, 6.45) is 3.28. The highest BCUT2D eigenvalue weighted by atomic mass is 32.1. The van der Waals surface area contributed by atoms with Crippen molar-refractivity contribution < 1.29 is 4.74 Å². The third-order valence-corrected chi connectivity index (χ3v) is 4.93. The zero-order valence-corrected chi connectivity index (χ0v) is 12.5. The van der Waals surface area contributed by atoms with E-state index in [-0.39, 0.29) is 6.10 Å². The Bertz CT molecular complexity index is 376. The maximum Gasteiger partial charge on any atom is 0.0964 e. The van der Waals surface area contributed by atoms with E-state index < -0.39 is 0 Å². The highest BCUT2D eigenvalue weighted by Gasteiger charge is 2.28. The molecule has 0 saturated carbocycles. The summed E-state index contributed by atoms with van der Waals surface area (Å²) in [5.74, 6) is 0.870. The van der Waals surface area contributed by atoms with E-state index in [0.717, 1.165) is 19.0 Å². The van der Waals surface area contributed by atoms with Crippen LogP contribution in [-0.4, -0.2) is 43.7 Å². The van der Waals surface area contributed by atoms with Gasteiger partial charge in [-0.15, -0.1) is 0 Å². The lowest BCUT2D eigenvalue weighted by Gasteiger charge is -2.39. The fourth-order valence-corrected chi connectivity index (χ4v) is 3.96. The summed E-state index contributed by atoms with van der Waals surface area (Å²) in [7, 11) is 0. The minimum absolute atomic E-state index is 0.275. The molecule has 4 heteroatoms. The highest BCUT2D eigenvalue weighted by molar-refractivity contribution is 7.07. The van der Waals surface area contributed by atoms with Crippen LogP contribution in [-0.2, 0) is 4.74 Å². The molecule has 2 atom stereocenters. The topological polar surface area (TPSA) is 24.5 Å². The number of thiophene rings is 1. The average Bonchev–Trinajstić information content (AvgIpc) is 2.93. The summed E-state index contributed by atoms with van der Waals surface area (Å²) in [4.78, 5) is 2.62. The zero-order chi connectivity index (χ0) is 13.1. The molecule has 0 amide bonds. The van der Waals surface area contributed by atoms with E-state index in [9.17, 15) is 0 Å². The molecule has 0 aromatic carbocycles. The van der Waals surface area contributed by atoms with Gasteiger partial charge in [0.2, 0.25) is 0 Å². The number of hydrogen-bond donors (Lipinski definition) is 1. The van der Waals surface area contributed by atoms with E-state index in [1.54, 1.807) is 11.3 Å². The lowest BCUT2D eigenvalue weighted by Crippen LogP contribution is -2.46. The summed E-state index contributed by atoms with van der Waals surface area (Å²) in [6, 6.07) is 2.20. The molecule has 0 aliphatic carbocycles. The Morgan fingerprint density at radius 3 is 2.95 bits per heavy atom. The molecule has 2 aliphatic rings. The summed E-state index contributed by atoms with van der Waals surface area (Å²) >= 11 is 1.76. The average molecular weight is 280 g/mol. The van der Waals surface area contributed by atoms with Gasteiger partial charge in [-0.25, -0.2) is 0 Å². The molecule has 1 aromatic rings. The van der Waals surface area contributed by atoms with Crippen LogP contribution in [0, 0.1) is 5.92 Å². The number of piperidine rings is 1. The molecule has 106 valence electrons. The molecule has 1 aromatic heterocycles. The van der Waals surface area contributed by atoms with Crippen LogP contribution in [0.5, 0.6) is 0 Å². The van der Waals surface area contributed by atoms with E-state index in [4.69, 9.17) is 4.74 Å². The van der Waals surface area contributed by atoms with Gasteiger partial charge in [-0.1, -0.05) is 0 Å². The van der Waals surface area contributed by atoms with Crippen LogP contribution < -0.4 is 5.32 Å². The number of morpholine rings is 1. The van der Waals surface area contributed by atoms with Crippen LogP contribution in [0.15, 0.2) is 16.8 Å². The Morgan fingerprint density at radius 1 is 1.37 bits per heavy atom. The van der Waals surface area contributed by atoms with Crippen LogP contribution in [0.1, 0.15) is 31.4 Å². The van der Waals surface area contributed by atoms with E-state index in [1.807, 2.05) is 0 Å². The van der Waals surface area contributed by atoms with Crippen molar-refractivity contribution in [2.24, 2.45) is 5.92 Å². The first-order valence-corrected chi connectivity index (χ1v) is 8.36. The fourth-order valence-electron chi connectivity index (χ4n) is 3.26. The predicted octanol–water partition coefficient (Wildman–Crippen LogP) is 2.51. The normalized spacial score (nSPS) is 30.6. The maximum atomic E-state index is 6.10. The smallest absolute Gasteiger partial charge is 0.0964 e. The molecule has 1 N–H and O–H groups in total. The van der Waals surface area contributed by atoms with E-state index in [2.05, 4.69) is 34.0 Å². The number of ether oxygens (including phenoxy) is 1. The standard InChI is InChI=1S/C15H24N2OS/c1-12-8-17(9-13-2-5-16-6-3-13)10-15(18-12)14-4-7-19-11-14/h4,7,11-13,15-16H,2-3,5-6,8-10H2,1H3. The second kappa shape index (κ2) is 6.35. The highest BCUT2D eigenvalue weighted by Crippen LogP contribution is 2.28. The van der Waals surface area contributed by atoms with Gasteiger partial charge in [0.25, 0.3) is 0 Å². The first-order chi connectivity index (χ1) is 9.31. The maximum absolute atomic E-state index is 6.10. The number of hydrogen-bond acceptors (Lipinski definition) is 4. The Kier molecular flexibility index (Phi) is 4.53. The minimum atomic E-state index is 0.275. The second-order valence-corrected chi connectivity index (χ2v) is 6.68. The largest absolute Gasteiger partial charge is 0.368 e. The molecule has 0 bridgehead atoms. The monoisotopic (exact) mass is 280 g/mol. The SMILES string of the molecule is CC1CN(CC2CCNCC2)CC(c2ccsc2)O1. The third kappa shape index (κ3) is 3.57. The van der Waals surface area contributed by atoms with Crippen molar-refractivity contribution in [1.29, 1.82) is 0 Å². The molecular weight excluding hydrogens is 256 g/mol. The lowest BCUT2D eigenvalue weighted by atomic mass is 9.96. The quantitative estimate of drug-likeness (QED) is 0.921. The van der Waals surface area contributed by atoms with Crippen molar-refractivity contribution in [3.8, 4) is 0 Å². The molecule has 3 heterocycles. The van der Waals surface area contributed by atoms with Crippen LogP contribution >= 0.6 is 11.3 Å². The molecule has 2 saturated heterocycles. The summed E-state index contributed by atoms with van der Waals surface area (Å²) in [5.41, 5.74) is 1.35. The van der Waals surface area contributed by atoms with Crippen molar-refractivity contribution in [1.82, 2.24) is 10.2 Å². The fraction of sp³-hybridized carbons (Fsp3) is 0.733. The van der Waals surface area contributed by atoms with Crippen molar-refractivity contribution in [3.63, 3.8) is 0 Å². The van der Waals surface area contributed by atoms with Crippen LogP contribution in [0.2, 0.25) is 0 Å². The summed E-state index contributed by atoms with van der Waals surface area (Å²) < 4.78 is 6.10. The molecule has 2 fully saturated rings. The Labute approximate surface area is 119 Å². The van der Waals surface area contributed by atoms with Gasteiger partial charge < -0.3 is 10.1 Å². The predicted molar refractivity (Wildman–Crippen MR) is 79.6 cm³/mol. The Hall–Kier alpha value is -0.420. The Balaban J connectivity index is 1.58. The molecule has 2 aliphatic heterocycles. The number of nitrogens with zero attached hydrogens (tertiary/aromatic N) is 1. The summed E-state index contributed by atoms with van der Waals surface area (Å²) in [5, 5.41) is 7.83. The van der Waals surface area contributed by atoms with Gasteiger partial charge in [0, 0.05) is 19.6 Å². The van der Waals surface area contributed by atoms with Crippen LogP contribution in [0.3, 0.4) is 0 Å². The third-order valence-electron chi connectivity index (χ3n) is 4.23. The van der Waals surface area contributed by atoms with Crippen molar-refractivity contribution >= 4 is 11.3 Å². The second-order valence-electron chi connectivity index (χ2n) is 5.90. The van der Waals surface area contributed by atoms with Crippen molar-refractivity contribution in [3.05, 3.63) is 22.4 Å². The molecule has 3 rings (SSSR count). The van der Waals surface area contributed by atoms with E-state index >= 15 is 0 Å². The Morgan fingerprint density at radius 2 is 2.21 bits per heavy atom. The molecule has 19 heavy (non-hydrogen) atoms. The van der Waals surface area contributed by atoms with E-state index in [0.29, 0.717) is 6.10 Å². The van der Waals surface area contributed by atoms with E-state index in [1.165, 1.54) is 38.0 Å². The van der Waals surface area contributed by atoms with Gasteiger partial charge in [-0.2, -0.15) is 11.3 Å². The molecule has 0 radical (unpaired) electrons. The molecule has 3 nitrogen and oxygen atoms in total. The lowest BCUT2D eigenvalue weighted by molar-refractivity contribution is -0.0827. The summed E-state index contributed by atoms with van der Waals surface area (Å²) in [6.45, 7) is 7.98. The number of nitrogens with one attached hydrogen (secondary N) is 1. The van der Waals surface area contributed by atoms with Crippen LogP contribution in [0.4, 0.5) is 0 Å². The van der Waals surface area contributed by atoms with Crippen molar-refractivity contribution in [2.75, 3.05) is 32.7 Å². The van der Waals surface area contributed by atoms with Gasteiger partial charge in [0.15, 0.2) is 0 Å². The molecular formula is C15H24N2OS. The first kappa shape index (κ1) is 13.6. The van der Waals surface area contributed by atoms with Gasteiger partial charge in [-0.3, -0.25) is 4.90 Å².